The Hall–Kier alpha value is -2.71. The number of fused-ring (bicyclic) bond motifs is 2. The number of carbonyl (C=O) groups is 1. The van der Waals surface area contributed by atoms with Crippen molar-refractivity contribution in [2.45, 2.75) is 44.7 Å². The van der Waals surface area contributed by atoms with Crippen LogP contribution in [0.5, 0.6) is 0 Å². The fourth-order valence-corrected chi connectivity index (χ4v) is 5.45. The Morgan fingerprint density at radius 1 is 1.23 bits per heavy atom. The molecule has 30 heavy (non-hydrogen) atoms. The highest BCUT2D eigenvalue weighted by Crippen LogP contribution is 2.33. The second-order valence-electron chi connectivity index (χ2n) is 8.33. The predicted molar refractivity (Wildman–Crippen MR) is 121 cm³/mol. The summed E-state index contributed by atoms with van der Waals surface area (Å²) in [6.45, 7) is 3.78. The Bertz CT molecular complexity index is 1130. The topological polar surface area (TPSA) is 110 Å². The summed E-state index contributed by atoms with van der Waals surface area (Å²) in [6, 6.07) is 8.41. The molecular weight excluding hydrogens is 396 g/mol. The Kier molecular flexibility index (Phi) is 4.83. The van der Waals surface area contributed by atoms with E-state index < -0.39 is 0 Å². The van der Waals surface area contributed by atoms with Gasteiger partial charge in [0.2, 0.25) is 0 Å². The molecule has 5 N–H and O–H groups in total. The van der Waals surface area contributed by atoms with Crippen LogP contribution in [-0.2, 0) is 12.8 Å². The number of nitrogens with two attached hydrogens (primary N) is 2. The van der Waals surface area contributed by atoms with E-state index in [0.717, 1.165) is 66.2 Å². The Morgan fingerprint density at radius 3 is 2.90 bits per heavy atom. The first-order valence-electron chi connectivity index (χ1n) is 10.4. The fraction of sp³-hybridized carbons (Fsp3) is 0.409. The van der Waals surface area contributed by atoms with Gasteiger partial charge in [0.1, 0.15) is 15.5 Å². The standard InChI is InChI=1S/C22H26N6OS/c1-12-2-5-16-19(24)20(30-22(16)25-12)21(29)26-15-4-6-17-13(10-15)3-7-18(27-17)28-9-8-14(23)11-28/h2-3,5,7,14-15H,4,6,8-11,23-24H2,1H3,(H,26,29)/t14-,15+/m1/s1. The van der Waals surface area contributed by atoms with E-state index >= 15 is 0 Å². The first kappa shape index (κ1) is 19.3. The van der Waals surface area contributed by atoms with Gasteiger partial charge in [0.15, 0.2) is 0 Å². The summed E-state index contributed by atoms with van der Waals surface area (Å²) in [5.41, 5.74) is 16.1. The van der Waals surface area contributed by atoms with Crippen molar-refractivity contribution in [3.63, 3.8) is 0 Å². The number of thiophene rings is 1. The van der Waals surface area contributed by atoms with E-state index in [0.29, 0.717) is 10.6 Å². The molecule has 0 saturated carbocycles. The molecule has 5 rings (SSSR count). The van der Waals surface area contributed by atoms with Crippen LogP contribution in [0.2, 0.25) is 0 Å². The molecule has 0 radical (unpaired) electrons. The zero-order valence-corrected chi connectivity index (χ0v) is 17.8. The van der Waals surface area contributed by atoms with Gasteiger partial charge in [-0.05, 0) is 56.4 Å². The number of nitrogens with one attached hydrogen (secondary N) is 1. The summed E-state index contributed by atoms with van der Waals surface area (Å²) in [5.74, 6) is 0.905. The summed E-state index contributed by atoms with van der Waals surface area (Å²) in [5, 5.41) is 4.03. The minimum Gasteiger partial charge on any atom is -0.397 e. The van der Waals surface area contributed by atoms with Gasteiger partial charge >= 0.3 is 0 Å². The molecule has 1 amide bonds. The SMILES string of the molecule is Cc1ccc2c(N)c(C(=O)N[C@H]3CCc4nc(N5CC[C@@H](N)C5)ccc4C3)sc2n1. The molecule has 1 aliphatic carbocycles. The Labute approximate surface area is 179 Å². The van der Waals surface area contributed by atoms with Crippen molar-refractivity contribution >= 4 is 39.0 Å². The summed E-state index contributed by atoms with van der Waals surface area (Å²) >= 11 is 1.36. The van der Waals surface area contributed by atoms with Crippen molar-refractivity contribution < 1.29 is 4.79 Å². The Balaban J connectivity index is 1.30. The lowest BCUT2D eigenvalue weighted by molar-refractivity contribution is 0.0938. The number of rotatable bonds is 3. The van der Waals surface area contributed by atoms with Gasteiger partial charge in [-0.2, -0.15) is 0 Å². The maximum absolute atomic E-state index is 12.9. The van der Waals surface area contributed by atoms with Crippen molar-refractivity contribution in [2.75, 3.05) is 23.7 Å². The highest BCUT2D eigenvalue weighted by molar-refractivity contribution is 7.21. The smallest absolute Gasteiger partial charge is 0.263 e. The van der Waals surface area contributed by atoms with Gasteiger partial charge in [-0.15, -0.1) is 11.3 Å². The van der Waals surface area contributed by atoms with Crippen LogP contribution < -0.4 is 21.7 Å². The van der Waals surface area contributed by atoms with Crippen LogP contribution in [0.15, 0.2) is 24.3 Å². The van der Waals surface area contributed by atoms with Crippen LogP contribution in [0.25, 0.3) is 10.2 Å². The normalized spacial score (nSPS) is 21.1. The second kappa shape index (κ2) is 7.52. The van der Waals surface area contributed by atoms with Gasteiger partial charge < -0.3 is 21.7 Å². The van der Waals surface area contributed by atoms with Crippen LogP contribution in [0.1, 0.15) is 39.5 Å². The maximum Gasteiger partial charge on any atom is 0.263 e. The molecule has 0 bridgehead atoms. The van der Waals surface area contributed by atoms with E-state index in [9.17, 15) is 4.79 Å². The molecule has 8 heteroatoms. The van der Waals surface area contributed by atoms with E-state index in [1.807, 2.05) is 19.1 Å². The van der Waals surface area contributed by atoms with Gasteiger partial charge in [-0.1, -0.05) is 6.07 Å². The molecule has 1 fully saturated rings. The predicted octanol–water partition coefficient (Wildman–Crippen LogP) is 2.41. The molecule has 2 aliphatic rings. The van der Waals surface area contributed by atoms with Gasteiger partial charge in [-0.3, -0.25) is 4.79 Å². The van der Waals surface area contributed by atoms with Gasteiger partial charge in [0.05, 0.1) is 5.69 Å². The first-order chi connectivity index (χ1) is 14.5. The van der Waals surface area contributed by atoms with Gasteiger partial charge in [0.25, 0.3) is 5.91 Å². The minimum absolute atomic E-state index is 0.0807. The summed E-state index contributed by atoms with van der Waals surface area (Å²) in [7, 11) is 0. The Morgan fingerprint density at radius 2 is 2.10 bits per heavy atom. The molecule has 0 aromatic carbocycles. The third-order valence-electron chi connectivity index (χ3n) is 6.07. The number of aryl methyl sites for hydroxylation is 2. The molecular formula is C22H26N6OS. The van der Waals surface area contributed by atoms with Crippen molar-refractivity contribution in [1.29, 1.82) is 0 Å². The fourth-order valence-electron chi connectivity index (χ4n) is 4.40. The number of amides is 1. The minimum atomic E-state index is -0.114. The van der Waals surface area contributed by atoms with E-state index in [4.69, 9.17) is 16.5 Å². The molecule has 2 atom stereocenters. The molecule has 4 heterocycles. The average molecular weight is 423 g/mol. The molecule has 3 aromatic rings. The monoisotopic (exact) mass is 422 g/mol. The molecule has 1 saturated heterocycles. The molecule has 0 spiro atoms. The van der Waals surface area contributed by atoms with Crippen LogP contribution >= 0.6 is 11.3 Å². The maximum atomic E-state index is 12.9. The van der Waals surface area contributed by atoms with Crippen LogP contribution in [0.4, 0.5) is 11.5 Å². The number of anilines is 2. The van der Waals surface area contributed by atoms with E-state index in [1.54, 1.807) is 0 Å². The lowest BCUT2D eigenvalue weighted by atomic mass is 9.91. The number of nitrogen functional groups attached to an aromatic ring is 1. The number of hydrogen-bond donors (Lipinski definition) is 3. The lowest BCUT2D eigenvalue weighted by Gasteiger charge is -2.26. The summed E-state index contributed by atoms with van der Waals surface area (Å²) in [6.07, 6.45) is 3.53. The molecule has 0 unspecified atom stereocenters. The zero-order valence-electron chi connectivity index (χ0n) is 17.0. The third-order valence-corrected chi connectivity index (χ3v) is 7.19. The highest BCUT2D eigenvalue weighted by atomic mass is 32.1. The summed E-state index contributed by atoms with van der Waals surface area (Å²) in [4.78, 5) is 25.9. The molecule has 156 valence electrons. The number of pyridine rings is 2. The average Bonchev–Trinajstić information content (AvgIpc) is 3.31. The first-order valence-corrected chi connectivity index (χ1v) is 11.3. The van der Waals surface area contributed by atoms with E-state index in [1.165, 1.54) is 16.9 Å². The van der Waals surface area contributed by atoms with Gasteiger partial charge in [-0.25, -0.2) is 9.97 Å². The largest absolute Gasteiger partial charge is 0.397 e. The number of nitrogens with zero attached hydrogens (tertiary/aromatic N) is 3. The number of aromatic nitrogens is 2. The van der Waals surface area contributed by atoms with Crippen molar-refractivity contribution in [3.05, 3.63) is 46.1 Å². The molecule has 3 aromatic heterocycles. The van der Waals surface area contributed by atoms with E-state index in [2.05, 4.69) is 27.3 Å². The van der Waals surface area contributed by atoms with Gasteiger partial charge in [0, 0.05) is 41.9 Å². The molecule has 1 aliphatic heterocycles. The zero-order chi connectivity index (χ0) is 20.8. The lowest BCUT2D eigenvalue weighted by Crippen LogP contribution is -2.39. The van der Waals surface area contributed by atoms with Crippen molar-refractivity contribution in [2.24, 2.45) is 5.73 Å². The highest BCUT2D eigenvalue weighted by Gasteiger charge is 2.26. The van der Waals surface area contributed by atoms with Crippen LogP contribution in [0, 0.1) is 6.92 Å². The summed E-state index contributed by atoms with van der Waals surface area (Å²) < 4.78 is 0. The number of carbonyl (C=O) groups excluding carboxylic acids is 1. The van der Waals surface area contributed by atoms with Crippen molar-refractivity contribution in [1.82, 2.24) is 15.3 Å². The quantitative estimate of drug-likeness (QED) is 0.598. The molecule has 7 nitrogen and oxygen atoms in total. The van der Waals surface area contributed by atoms with Crippen LogP contribution in [-0.4, -0.2) is 41.0 Å². The van der Waals surface area contributed by atoms with Crippen molar-refractivity contribution in [3.8, 4) is 0 Å². The van der Waals surface area contributed by atoms with E-state index in [-0.39, 0.29) is 18.0 Å². The third kappa shape index (κ3) is 3.50. The number of hydrogen-bond acceptors (Lipinski definition) is 7. The van der Waals surface area contributed by atoms with Crippen LogP contribution in [0.3, 0.4) is 0 Å². The second-order valence-corrected chi connectivity index (χ2v) is 9.33.